The number of anilines is 1. The van der Waals surface area contributed by atoms with Gasteiger partial charge in [0, 0.05) is 20.3 Å². The van der Waals surface area contributed by atoms with Gasteiger partial charge in [0.1, 0.15) is 6.67 Å². The van der Waals surface area contributed by atoms with Crippen molar-refractivity contribution in [1.82, 2.24) is 0 Å². The van der Waals surface area contributed by atoms with Crippen molar-refractivity contribution in [3.63, 3.8) is 0 Å². The topological polar surface area (TPSA) is 24.4 Å². The number of fused-ring (bicyclic) bond motifs is 5. The Morgan fingerprint density at radius 1 is 0.900 bits per heavy atom. The van der Waals surface area contributed by atoms with E-state index in [-0.39, 0.29) is 5.41 Å². The van der Waals surface area contributed by atoms with Crippen LogP contribution in [-0.4, -0.2) is 12.4 Å². The molecular weight excluding hydrogens is 404 g/mol. The molecule has 0 radical (unpaired) electrons. The number of hydrogen-bond acceptors (Lipinski definition) is 4. The van der Waals surface area contributed by atoms with Gasteiger partial charge in [0.15, 0.2) is 0 Å². The van der Waals surface area contributed by atoms with E-state index < -0.39 is 0 Å². The van der Waals surface area contributed by atoms with Gasteiger partial charge >= 0.3 is 0 Å². The highest BCUT2D eigenvalue weighted by Crippen LogP contribution is 2.42. The Kier molecular flexibility index (Phi) is 3.86. The fourth-order valence-corrected chi connectivity index (χ4v) is 6.57. The van der Waals surface area contributed by atoms with E-state index in [0.29, 0.717) is 6.67 Å². The molecule has 1 aliphatic rings. The van der Waals surface area contributed by atoms with E-state index in [0.717, 1.165) is 5.71 Å². The number of rotatable bonds is 1. The first-order valence-electron chi connectivity index (χ1n) is 10.3. The molecular formula is C26H22N2S2. The highest BCUT2D eigenvalue weighted by atomic mass is 32.1. The van der Waals surface area contributed by atoms with Crippen molar-refractivity contribution in [3.05, 3.63) is 76.0 Å². The Bertz CT molecular complexity index is 1480. The second-order valence-corrected chi connectivity index (χ2v) is 10.9. The zero-order valence-electron chi connectivity index (χ0n) is 17.2. The van der Waals surface area contributed by atoms with Gasteiger partial charge in [-0.25, -0.2) is 0 Å². The van der Waals surface area contributed by atoms with Gasteiger partial charge in [0.2, 0.25) is 0 Å². The van der Waals surface area contributed by atoms with Gasteiger partial charge in [-0.15, -0.1) is 22.7 Å². The van der Waals surface area contributed by atoms with Crippen LogP contribution in [-0.2, 0) is 5.41 Å². The molecule has 4 heteroatoms. The third-order valence-corrected chi connectivity index (χ3v) is 7.95. The van der Waals surface area contributed by atoms with E-state index >= 15 is 0 Å². The zero-order valence-corrected chi connectivity index (χ0v) is 18.9. The normalized spacial score (nSPS) is 14.2. The lowest BCUT2D eigenvalue weighted by Gasteiger charge is -2.24. The minimum atomic E-state index is 0.0659. The first-order valence-corrected chi connectivity index (χ1v) is 11.9. The van der Waals surface area contributed by atoms with E-state index in [4.69, 9.17) is 4.99 Å². The standard InChI is InChI=1S/C26H22N2S2/c1-26(2,3)20-12-17(10-15-6-4-5-7-18(15)20)23-25-24(28-14-27-23)19-11-16-8-9-29-21(16)13-22(19)30-25/h4-13,28H,14H2,1-3H3. The Morgan fingerprint density at radius 2 is 1.77 bits per heavy atom. The van der Waals surface area contributed by atoms with Crippen LogP contribution in [0, 0.1) is 0 Å². The molecule has 2 aromatic heterocycles. The minimum Gasteiger partial charge on any atom is -0.365 e. The predicted octanol–water partition coefficient (Wildman–Crippen LogP) is 7.79. The summed E-state index contributed by atoms with van der Waals surface area (Å²) in [6, 6.07) is 20.2. The summed E-state index contributed by atoms with van der Waals surface area (Å²) < 4.78 is 2.68. The van der Waals surface area contributed by atoms with Gasteiger partial charge in [-0.1, -0.05) is 45.0 Å². The van der Waals surface area contributed by atoms with Gasteiger partial charge in [-0.3, -0.25) is 4.99 Å². The molecule has 0 spiro atoms. The molecule has 0 amide bonds. The van der Waals surface area contributed by atoms with Gasteiger partial charge < -0.3 is 5.32 Å². The predicted molar refractivity (Wildman–Crippen MR) is 134 cm³/mol. The molecule has 0 saturated carbocycles. The Hall–Kier alpha value is -2.69. The molecule has 1 N–H and O–H groups in total. The maximum Gasteiger partial charge on any atom is 0.108 e. The quantitative estimate of drug-likeness (QED) is 0.291. The Morgan fingerprint density at radius 3 is 2.63 bits per heavy atom. The van der Waals surface area contributed by atoms with Crippen LogP contribution >= 0.6 is 22.7 Å². The molecule has 0 saturated heterocycles. The molecule has 6 rings (SSSR count). The van der Waals surface area contributed by atoms with E-state index in [1.165, 1.54) is 52.6 Å². The van der Waals surface area contributed by atoms with Crippen LogP contribution in [0.4, 0.5) is 5.69 Å². The van der Waals surface area contributed by atoms with Crippen LogP contribution in [0.15, 0.2) is 65.0 Å². The second-order valence-electron chi connectivity index (χ2n) is 8.95. The maximum atomic E-state index is 4.94. The van der Waals surface area contributed by atoms with Gasteiger partial charge in [-0.2, -0.15) is 0 Å². The average Bonchev–Trinajstić information content (AvgIpc) is 3.33. The third kappa shape index (κ3) is 2.71. The van der Waals surface area contributed by atoms with Crippen molar-refractivity contribution in [1.29, 1.82) is 0 Å². The van der Waals surface area contributed by atoms with Crippen molar-refractivity contribution < 1.29 is 0 Å². The Labute approximate surface area is 183 Å². The number of thiophene rings is 2. The van der Waals surface area contributed by atoms with Crippen LogP contribution in [0.1, 0.15) is 36.8 Å². The van der Waals surface area contributed by atoms with E-state index in [1.807, 2.05) is 22.7 Å². The molecule has 3 aromatic carbocycles. The summed E-state index contributed by atoms with van der Waals surface area (Å²) in [5.41, 5.74) is 5.01. The second kappa shape index (κ2) is 6.40. The van der Waals surface area contributed by atoms with Gasteiger partial charge in [0.25, 0.3) is 0 Å². The summed E-state index contributed by atoms with van der Waals surface area (Å²) in [7, 11) is 0. The van der Waals surface area contributed by atoms with E-state index in [1.54, 1.807) is 0 Å². The summed E-state index contributed by atoms with van der Waals surface area (Å²) in [4.78, 5) is 6.20. The fourth-order valence-electron chi connectivity index (χ4n) is 4.46. The molecule has 2 nitrogen and oxygen atoms in total. The number of nitrogens with one attached hydrogen (secondary N) is 1. The van der Waals surface area contributed by atoms with Crippen molar-refractivity contribution in [2.24, 2.45) is 4.99 Å². The van der Waals surface area contributed by atoms with Crippen molar-refractivity contribution in [3.8, 4) is 0 Å². The maximum absolute atomic E-state index is 4.94. The summed E-state index contributed by atoms with van der Waals surface area (Å²) in [5.74, 6) is 0. The number of aliphatic imine (C=N–C) groups is 1. The third-order valence-electron chi connectivity index (χ3n) is 5.91. The molecule has 148 valence electrons. The largest absolute Gasteiger partial charge is 0.365 e. The number of benzene rings is 3. The van der Waals surface area contributed by atoms with Crippen molar-refractivity contribution in [2.75, 3.05) is 12.0 Å². The number of nitrogens with zero attached hydrogens (tertiary/aromatic N) is 1. The van der Waals surface area contributed by atoms with Crippen LogP contribution in [0.3, 0.4) is 0 Å². The van der Waals surface area contributed by atoms with Crippen LogP contribution < -0.4 is 5.32 Å². The lowest BCUT2D eigenvalue weighted by Crippen LogP contribution is -2.17. The molecule has 1 aliphatic heterocycles. The molecule has 5 aromatic rings. The highest BCUT2D eigenvalue weighted by molar-refractivity contribution is 7.22. The lowest BCUT2D eigenvalue weighted by molar-refractivity contribution is 0.596. The van der Waals surface area contributed by atoms with Crippen LogP contribution in [0.5, 0.6) is 0 Å². The molecule has 0 aliphatic carbocycles. The molecule has 3 heterocycles. The summed E-state index contributed by atoms with van der Waals surface area (Å²) in [6.45, 7) is 7.49. The summed E-state index contributed by atoms with van der Waals surface area (Å²) in [5, 5.41) is 11.0. The van der Waals surface area contributed by atoms with Crippen molar-refractivity contribution >= 4 is 65.0 Å². The first-order chi connectivity index (χ1) is 14.5. The molecule has 0 atom stereocenters. The molecule has 0 bridgehead atoms. The average molecular weight is 427 g/mol. The lowest BCUT2D eigenvalue weighted by atomic mass is 9.82. The van der Waals surface area contributed by atoms with Crippen LogP contribution in [0.25, 0.3) is 30.9 Å². The molecule has 0 fully saturated rings. The smallest absolute Gasteiger partial charge is 0.108 e. The fraction of sp³-hybridized carbons (Fsp3) is 0.192. The zero-order chi connectivity index (χ0) is 20.5. The minimum absolute atomic E-state index is 0.0659. The Balaban J connectivity index is 1.60. The summed E-state index contributed by atoms with van der Waals surface area (Å²) >= 11 is 3.66. The van der Waals surface area contributed by atoms with Gasteiger partial charge in [-0.05, 0) is 62.8 Å². The van der Waals surface area contributed by atoms with Gasteiger partial charge in [0.05, 0.1) is 16.3 Å². The van der Waals surface area contributed by atoms with E-state index in [9.17, 15) is 0 Å². The monoisotopic (exact) mass is 426 g/mol. The number of hydrogen-bond donors (Lipinski definition) is 1. The van der Waals surface area contributed by atoms with Crippen molar-refractivity contribution in [2.45, 2.75) is 26.2 Å². The summed E-state index contributed by atoms with van der Waals surface area (Å²) in [6.07, 6.45) is 0. The SMILES string of the molecule is CC(C)(C)c1cc(C2=NCNc3c2sc2cc4sccc4cc32)cc2ccccc12. The highest BCUT2D eigenvalue weighted by Gasteiger charge is 2.24. The molecule has 30 heavy (non-hydrogen) atoms. The molecule has 0 unspecified atom stereocenters. The first kappa shape index (κ1) is 18.1. The van der Waals surface area contributed by atoms with E-state index in [2.05, 4.69) is 86.1 Å². The van der Waals surface area contributed by atoms with Crippen LogP contribution in [0.2, 0.25) is 0 Å².